The predicted molar refractivity (Wildman–Crippen MR) is 128 cm³/mol. The zero-order valence-corrected chi connectivity index (χ0v) is 19.1. The summed E-state index contributed by atoms with van der Waals surface area (Å²) in [5, 5.41) is 3.08. The first-order valence-electron chi connectivity index (χ1n) is 10.7. The first-order valence-corrected chi connectivity index (χ1v) is 11.4. The van der Waals surface area contributed by atoms with E-state index in [4.69, 9.17) is 0 Å². The molecule has 4 rings (SSSR count). The van der Waals surface area contributed by atoms with Gasteiger partial charge in [0, 0.05) is 29.7 Å². The van der Waals surface area contributed by atoms with E-state index in [1.165, 1.54) is 5.56 Å². The van der Waals surface area contributed by atoms with E-state index < -0.39 is 0 Å². The number of rotatable bonds is 8. The number of nitrogens with one attached hydrogen (secondary N) is 1. The molecule has 1 N–H and O–H groups in total. The highest BCUT2D eigenvalue weighted by molar-refractivity contribution is 9.10. The summed E-state index contributed by atoms with van der Waals surface area (Å²) in [5.74, 6) is 0.0304. The third-order valence-corrected chi connectivity index (χ3v) is 6.10. The number of nitrogens with zero attached hydrogens (tertiary/aromatic N) is 2. The van der Waals surface area contributed by atoms with Crippen LogP contribution in [0.2, 0.25) is 0 Å². The van der Waals surface area contributed by atoms with Gasteiger partial charge >= 0.3 is 0 Å². The number of carbonyl (C=O) groups is 1. The van der Waals surface area contributed by atoms with Crippen molar-refractivity contribution in [3.05, 3.63) is 87.3 Å². The smallest absolute Gasteiger partial charge is 0.275 e. The highest BCUT2D eigenvalue weighted by Crippen LogP contribution is 2.20. The Kier molecular flexibility index (Phi) is 6.56. The van der Waals surface area contributed by atoms with Crippen molar-refractivity contribution in [2.24, 2.45) is 0 Å². The maximum Gasteiger partial charge on any atom is 0.275 e. The Labute approximate surface area is 189 Å². The van der Waals surface area contributed by atoms with Crippen molar-refractivity contribution in [2.45, 2.75) is 45.2 Å². The molecule has 1 amide bonds. The van der Waals surface area contributed by atoms with E-state index >= 15 is 0 Å². The molecule has 6 heteroatoms. The Balaban J connectivity index is 1.39. The summed E-state index contributed by atoms with van der Waals surface area (Å²) in [6.07, 6.45) is 4.75. The third-order valence-electron chi connectivity index (χ3n) is 5.60. The zero-order chi connectivity index (χ0) is 21.8. The average molecular weight is 480 g/mol. The molecule has 0 saturated heterocycles. The van der Waals surface area contributed by atoms with Gasteiger partial charge in [0.1, 0.15) is 5.52 Å². The fourth-order valence-electron chi connectivity index (χ4n) is 4.00. The summed E-state index contributed by atoms with van der Waals surface area (Å²) in [4.78, 5) is 25.4. The summed E-state index contributed by atoms with van der Waals surface area (Å²) in [7, 11) is 0. The lowest BCUT2D eigenvalue weighted by molar-refractivity contribution is -0.121. The first kappa shape index (κ1) is 21.4. The maximum atomic E-state index is 13.0. The maximum absolute atomic E-state index is 13.0. The zero-order valence-electron chi connectivity index (χ0n) is 17.6. The van der Waals surface area contributed by atoms with Crippen molar-refractivity contribution in [3.8, 4) is 0 Å². The fourth-order valence-corrected chi connectivity index (χ4v) is 4.35. The van der Waals surface area contributed by atoms with Crippen molar-refractivity contribution in [1.82, 2.24) is 14.3 Å². The molecule has 1 atom stereocenters. The van der Waals surface area contributed by atoms with Crippen LogP contribution in [0.15, 0.2) is 76.1 Å². The van der Waals surface area contributed by atoms with Gasteiger partial charge in [0.25, 0.3) is 5.56 Å². The normalized spacial score (nSPS) is 12.3. The minimum Gasteiger partial charge on any atom is -0.354 e. The van der Waals surface area contributed by atoms with Crippen LogP contribution in [-0.4, -0.2) is 20.9 Å². The minimum atomic E-state index is -0.0350. The van der Waals surface area contributed by atoms with Gasteiger partial charge in [-0.05, 0) is 62.1 Å². The first-order chi connectivity index (χ1) is 15.0. The van der Waals surface area contributed by atoms with E-state index in [2.05, 4.69) is 33.4 Å². The second-order valence-electron chi connectivity index (χ2n) is 7.95. The van der Waals surface area contributed by atoms with Gasteiger partial charge in [0.15, 0.2) is 0 Å². The highest BCUT2D eigenvalue weighted by atomic mass is 79.9. The number of fused-ring (bicyclic) bond motifs is 3. The number of amides is 1. The standard InChI is InChI=1S/C25H26BrN3O2/c1-18(11-12-19-7-3-2-4-8-19)27-24(30)10-6-16-29-23-17-20(26)13-14-21(23)28-15-5-9-22(28)25(29)31/h2-5,7-9,13-15,17-18H,6,10-12,16H2,1H3,(H,27,30)/t18-/m1/s1. The van der Waals surface area contributed by atoms with Crippen molar-refractivity contribution < 1.29 is 4.79 Å². The number of benzene rings is 2. The van der Waals surface area contributed by atoms with Crippen molar-refractivity contribution in [3.63, 3.8) is 0 Å². The third kappa shape index (κ3) is 4.90. The van der Waals surface area contributed by atoms with E-state index in [9.17, 15) is 9.59 Å². The van der Waals surface area contributed by atoms with Crippen molar-refractivity contribution >= 4 is 38.4 Å². The molecule has 0 bridgehead atoms. The molecule has 0 aliphatic carbocycles. The van der Waals surface area contributed by atoms with Gasteiger partial charge in [-0.15, -0.1) is 0 Å². The van der Waals surface area contributed by atoms with Crippen LogP contribution in [0.1, 0.15) is 31.7 Å². The van der Waals surface area contributed by atoms with Gasteiger partial charge in [0.05, 0.1) is 11.0 Å². The minimum absolute atomic E-state index is 0.0304. The molecule has 2 aromatic carbocycles. The van der Waals surface area contributed by atoms with E-state index in [0.29, 0.717) is 24.9 Å². The summed E-state index contributed by atoms with van der Waals surface area (Å²) in [6, 6.07) is 20.1. The molecule has 4 aromatic rings. The van der Waals surface area contributed by atoms with Gasteiger partial charge in [-0.3, -0.25) is 9.59 Å². The van der Waals surface area contributed by atoms with Gasteiger partial charge in [0.2, 0.25) is 5.91 Å². The van der Waals surface area contributed by atoms with Crippen LogP contribution in [0.5, 0.6) is 0 Å². The van der Waals surface area contributed by atoms with Crippen LogP contribution in [0.3, 0.4) is 0 Å². The van der Waals surface area contributed by atoms with Crippen molar-refractivity contribution in [2.75, 3.05) is 0 Å². The molecule has 0 radical (unpaired) electrons. The van der Waals surface area contributed by atoms with Crippen molar-refractivity contribution in [1.29, 1.82) is 0 Å². The van der Waals surface area contributed by atoms with E-state index in [1.807, 2.05) is 66.1 Å². The van der Waals surface area contributed by atoms with Gasteiger partial charge in [-0.1, -0.05) is 46.3 Å². The lowest BCUT2D eigenvalue weighted by Crippen LogP contribution is -2.33. The number of hydrogen-bond acceptors (Lipinski definition) is 2. The topological polar surface area (TPSA) is 55.5 Å². The second kappa shape index (κ2) is 9.52. The molecule has 5 nitrogen and oxygen atoms in total. The molecule has 31 heavy (non-hydrogen) atoms. The molecule has 0 aliphatic rings. The number of halogens is 1. The Hall–Kier alpha value is -2.86. The Morgan fingerprint density at radius 2 is 1.84 bits per heavy atom. The quantitative estimate of drug-likeness (QED) is 0.389. The van der Waals surface area contributed by atoms with E-state index in [0.717, 1.165) is 28.3 Å². The molecule has 0 unspecified atom stereocenters. The second-order valence-corrected chi connectivity index (χ2v) is 8.87. The molecule has 2 aromatic heterocycles. The molecule has 0 aliphatic heterocycles. The Morgan fingerprint density at radius 1 is 1.03 bits per heavy atom. The largest absolute Gasteiger partial charge is 0.354 e. The molecule has 2 heterocycles. The molecule has 0 spiro atoms. The average Bonchev–Trinajstić information content (AvgIpc) is 3.25. The summed E-state index contributed by atoms with van der Waals surface area (Å²) < 4.78 is 4.62. The number of aromatic nitrogens is 2. The Bertz CT molecular complexity index is 1260. The van der Waals surface area contributed by atoms with Crippen LogP contribution >= 0.6 is 15.9 Å². The summed E-state index contributed by atoms with van der Waals surface area (Å²) in [5.41, 5.74) is 3.73. The van der Waals surface area contributed by atoms with Crippen LogP contribution in [-0.2, 0) is 17.8 Å². The number of hydrogen-bond donors (Lipinski definition) is 1. The Morgan fingerprint density at radius 3 is 2.65 bits per heavy atom. The van der Waals surface area contributed by atoms with Gasteiger partial charge in [-0.25, -0.2) is 0 Å². The van der Waals surface area contributed by atoms with Crippen LogP contribution in [0, 0.1) is 0 Å². The fraction of sp³-hybridized carbons (Fsp3) is 0.280. The lowest BCUT2D eigenvalue weighted by Gasteiger charge is -2.15. The molecule has 0 saturated carbocycles. The molecule has 0 fully saturated rings. The van der Waals surface area contributed by atoms with Crippen LogP contribution in [0.25, 0.3) is 16.6 Å². The van der Waals surface area contributed by atoms with E-state index in [-0.39, 0.29) is 17.5 Å². The van der Waals surface area contributed by atoms with Crippen LogP contribution < -0.4 is 10.9 Å². The predicted octanol–water partition coefficient (Wildman–Crippen LogP) is 4.93. The number of aryl methyl sites for hydroxylation is 2. The van der Waals surface area contributed by atoms with E-state index in [1.54, 1.807) is 4.57 Å². The lowest BCUT2D eigenvalue weighted by atomic mass is 10.1. The highest BCUT2D eigenvalue weighted by Gasteiger charge is 2.12. The number of carbonyl (C=O) groups excluding carboxylic acids is 1. The van der Waals surface area contributed by atoms with Gasteiger partial charge < -0.3 is 14.3 Å². The monoisotopic (exact) mass is 479 g/mol. The summed E-state index contributed by atoms with van der Waals surface area (Å²) in [6.45, 7) is 2.54. The molecule has 160 valence electrons. The van der Waals surface area contributed by atoms with Crippen LogP contribution in [0.4, 0.5) is 0 Å². The summed E-state index contributed by atoms with van der Waals surface area (Å²) >= 11 is 3.51. The molecular weight excluding hydrogens is 454 g/mol. The molecular formula is C25H26BrN3O2. The van der Waals surface area contributed by atoms with Gasteiger partial charge in [-0.2, -0.15) is 0 Å². The SMILES string of the molecule is C[C@H](CCc1ccccc1)NC(=O)CCCn1c(=O)c2cccn2c2ccc(Br)cc21.